The minimum absolute atomic E-state index is 0.0727. The van der Waals surface area contributed by atoms with E-state index in [1.165, 1.54) is 61.1 Å². The molecule has 0 fully saturated rings. The van der Waals surface area contributed by atoms with Gasteiger partial charge in [0.15, 0.2) is 5.58 Å². The maximum Gasteiger partial charge on any atom is 0.160 e. The van der Waals surface area contributed by atoms with Crippen LogP contribution >= 0.6 is 0 Å². The van der Waals surface area contributed by atoms with Crippen molar-refractivity contribution in [2.75, 3.05) is 4.90 Å². The van der Waals surface area contributed by atoms with Crippen LogP contribution < -0.4 is 4.90 Å². The van der Waals surface area contributed by atoms with Gasteiger partial charge in [0.2, 0.25) is 0 Å². The first-order chi connectivity index (χ1) is 30.4. The molecule has 300 valence electrons. The molecule has 0 saturated carbocycles. The zero-order valence-corrected chi connectivity index (χ0v) is 35.4. The van der Waals surface area contributed by atoms with E-state index in [1.54, 1.807) is 5.57 Å². The zero-order valence-electron chi connectivity index (χ0n) is 35.4. The molecule has 2 aromatic heterocycles. The van der Waals surface area contributed by atoms with Gasteiger partial charge in [0.1, 0.15) is 5.58 Å². The Labute approximate surface area is 363 Å². The van der Waals surface area contributed by atoms with Gasteiger partial charge in [-0.05, 0) is 94.1 Å². The summed E-state index contributed by atoms with van der Waals surface area (Å²) in [5.74, 6) is 0.600. The number of furan rings is 1. The lowest BCUT2D eigenvalue weighted by molar-refractivity contribution is 0.386. The molecule has 0 N–H and O–H groups in total. The smallest absolute Gasteiger partial charge is 0.160 e. The molecule has 2 heterocycles. The third-order valence-electron chi connectivity index (χ3n) is 14.0. The number of allylic oxidation sites excluding steroid dienone is 5. The highest BCUT2D eigenvalue weighted by atomic mass is 16.3. The fraction of sp³-hybridized carbons (Fsp3) is 0.153. The molecule has 3 nitrogen and oxygen atoms in total. The second-order valence-electron chi connectivity index (χ2n) is 18.2. The summed E-state index contributed by atoms with van der Waals surface area (Å²) >= 11 is 0. The zero-order chi connectivity index (χ0) is 41.5. The monoisotopic (exact) mass is 800 g/mol. The molecule has 0 bridgehead atoms. The van der Waals surface area contributed by atoms with Crippen LogP contribution in [0.3, 0.4) is 0 Å². The number of benzene rings is 7. The molecule has 12 rings (SSSR count). The third kappa shape index (κ3) is 5.79. The van der Waals surface area contributed by atoms with Gasteiger partial charge in [0, 0.05) is 50.5 Å². The Bertz CT molecular complexity index is 3340. The van der Waals surface area contributed by atoms with E-state index < -0.39 is 0 Å². The van der Waals surface area contributed by atoms with E-state index in [0.717, 1.165) is 46.0 Å². The third-order valence-corrected chi connectivity index (χ3v) is 14.0. The topological polar surface area (TPSA) is 21.3 Å². The summed E-state index contributed by atoms with van der Waals surface area (Å²) in [6, 6.07) is 59.6. The molecular weight excluding hydrogens is 753 g/mol. The first kappa shape index (κ1) is 36.7. The predicted molar refractivity (Wildman–Crippen MR) is 260 cm³/mol. The summed E-state index contributed by atoms with van der Waals surface area (Å²) < 4.78 is 9.38. The van der Waals surface area contributed by atoms with Crippen LogP contribution in [0.5, 0.6) is 0 Å². The van der Waals surface area contributed by atoms with Gasteiger partial charge in [-0.25, -0.2) is 0 Å². The molecule has 0 aliphatic heterocycles. The van der Waals surface area contributed by atoms with Gasteiger partial charge in [-0.3, -0.25) is 0 Å². The van der Waals surface area contributed by atoms with Crippen LogP contribution in [0.25, 0.3) is 71.7 Å². The molecular formula is C59H48N2O. The van der Waals surface area contributed by atoms with E-state index >= 15 is 0 Å². The standard InChI is InChI=1S/C59H48N2O/c1-38-34-44(31-33-53(38)60(43-19-8-5-9-20-43)45-30-32-47-46-21-11-10-18-42(46)37-59(2,3)52(47)35-45)61-54-24-14-12-23-49(54)56-50(41-28-26-40(27-29-41)39-16-6-4-7-17-39)36-51-48-22-13-15-25-55(48)62-58(51)57(56)61/h4-31,33-36,38,47,53H,32,37H2,1-3H3. The van der Waals surface area contributed by atoms with Gasteiger partial charge in [-0.2, -0.15) is 0 Å². The summed E-state index contributed by atoms with van der Waals surface area (Å²) in [7, 11) is 0. The second-order valence-corrected chi connectivity index (χ2v) is 18.2. The fourth-order valence-corrected chi connectivity index (χ4v) is 11.1. The van der Waals surface area contributed by atoms with E-state index in [4.69, 9.17) is 4.42 Å². The Morgan fingerprint density at radius 2 is 1.35 bits per heavy atom. The maximum absolute atomic E-state index is 6.91. The quantitative estimate of drug-likeness (QED) is 0.167. The van der Waals surface area contributed by atoms with Crippen LogP contribution in [0, 0.1) is 11.3 Å². The Balaban J connectivity index is 1.01. The molecule has 7 aromatic carbocycles. The molecule has 0 saturated heterocycles. The summed E-state index contributed by atoms with van der Waals surface area (Å²) in [6.07, 6.45) is 14.4. The number of hydrogen-bond acceptors (Lipinski definition) is 2. The highest BCUT2D eigenvalue weighted by molar-refractivity contribution is 6.26. The number of nitrogens with zero attached hydrogens (tertiary/aromatic N) is 2. The lowest BCUT2D eigenvalue weighted by Gasteiger charge is -2.44. The van der Waals surface area contributed by atoms with Crippen LogP contribution in [0.15, 0.2) is 210 Å². The maximum atomic E-state index is 6.91. The van der Waals surface area contributed by atoms with E-state index in [2.05, 4.69) is 224 Å². The van der Waals surface area contributed by atoms with Gasteiger partial charge in [-0.1, -0.05) is 178 Å². The molecule has 3 atom stereocenters. The van der Waals surface area contributed by atoms with Crippen molar-refractivity contribution in [2.24, 2.45) is 11.3 Å². The van der Waals surface area contributed by atoms with Crippen molar-refractivity contribution in [3.05, 3.63) is 217 Å². The van der Waals surface area contributed by atoms with Gasteiger partial charge in [0.05, 0.1) is 17.1 Å². The summed E-state index contributed by atoms with van der Waals surface area (Å²) in [5, 5.41) is 4.68. The summed E-state index contributed by atoms with van der Waals surface area (Å²) in [4.78, 5) is 2.59. The number of hydrogen-bond donors (Lipinski definition) is 0. The molecule has 3 aliphatic carbocycles. The van der Waals surface area contributed by atoms with Crippen LogP contribution in [0.2, 0.25) is 0 Å². The van der Waals surface area contributed by atoms with Gasteiger partial charge in [-0.15, -0.1) is 0 Å². The number of anilines is 1. The SMILES string of the molecule is CC1C=C(n2c3ccccc3c3c(-c4ccc(-c5ccccc5)cc4)cc4c5ccccc5oc4c32)C=CC1N(C1=CCC2C(=C1)C(C)(C)Cc1ccccc12)c1ccccc1. The average Bonchev–Trinajstić information content (AvgIpc) is 3.86. The molecule has 3 aliphatic rings. The van der Waals surface area contributed by atoms with Crippen molar-refractivity contribution in [3.63, 3.8) is 0 Å². The number of fused-ring (bicyclic) bond motifs is 10. The molecule has 9 aromatic rings. The molecule has 0 spiro atoms. The van der Waals surface area contributed by atoms with Gasteiger partial charge >= 0.3 is 0 Å². The Kier molecular flexibility index (Phi) is 8.44. The fourth-order valence-electron chi connectivity index (χ4n) is 11.1. The summed E-state index contributed by atoms with van der Waals surface area (Å²) in [5.41, 5.74) is 17.2. The van der Waals surface area contributed by atoms with Crippen LogP contribution in [0.1, 0.15) is 44.2 Å². The largest absolute Gasteiger partial charge is 0.454 e. The molecule has 62 heavy (non-hydrogen) atoms. The number of rotatable bonds is 6. The van der Waals surface area contributed by atoms with Crippen LogP contribution in [-0.4, -0.2) is 10.6 Å². The molecule has 3 heteroatoms. The van der Waals surface area contributed by atoms with Crippen LogP contribution in [0.4, 0.5) is 5.69 Å². The van der Waals surface area contributed by atoms with Crippen molar-refractivity contribution in [3.8, 4) is 22.3 Å². The highest BCUT2D eigenvalue weighted by Gasteiger charge is 2.39. The Morgan fingerprint density at radius 1 is 0.677 bits per heavy atom. The first-order valence-electron chi connectivity index (χ1n) is 22.2. The van der Waals surface area contributed by atoms with Crippen molar-refractivity contribution in [2.45, 2.75) is 45.6 Å². The summed E-state index contributed by atoms with van der Waals surface area (Å²) in [6.45, 7) is 7.26. The van der Waals surface area contributed by atoms with E-state index in [-0.39, 0.29) is 17.4 Å². The van der Waals surface area contributed by atoms with E-state index in [9.17, 15) is 0 Å². The normalized spacial score (nSPS) is 19.3. The number of para-hydroxylation sites is 3. The minimum Gasteiger partial charge on any atom is -0.454 e. The van der Waals surface area contributed by atoms with Gasteiger partial charge in [0.25, 0.3) is 0 Å². The number of aromatic nitrogens is 1. The molecule has 0 amide bonds. The molecule has 0 radical (unpaired) electrons. The van der Waals surface area contributed by atoms with Crippen LogP contribution in [-0.2, 0) is 6.42 Å². The van der Waals surface area contributed by atoms with Gasteiger partial charge < -0.3 is 13.9 Å². The van der Waals surface area contributed by atoms with E-state index in [0.29, 0.717) is 5.92 Å². The van der Waals surface area contributed by atoms with Crippen molar-refractivity contribution >= 4 is 55.1 Å². The highest BCUT2D eigenvalue weighted by Crippen LogP contribution is 2.52. The van der Waals surface area contributed by atoms with E-state index in [1.807, 2.05) is 0 Å². The van der Waals surface area contributed by atoms with Crippen molar-refractivity contribution < 1.29 is 4.42 Å². The van der Waals surface area contributed by atoms with Crippen molar-refractivity contribution in [1.29, 1.82) is 0 Å². The average molecular weight is 801 g/mol. The Hall–Kier alpha value is -7.10. The van der Waals surface area contributed by atoms with Crippen molar-refractivity contribution in [1.82, 2.24) is 4.57 Å². The first-order valence-corrected chi connectivity index (χ1v) is 22.2. The Morgan fingerprint density at radius 3 is 2.16 bits per heavy atom. The molecule has 3 unspecified atom stereocenters. The predicted octanol–water partition coefficient (Wildman–Crippen LogP) is 15.5. The minimum atomic E-state index is 0.0727. The second kappa shape index (κ2) is 14.2. The lowest BCUT2D eigenvalue weighted by Crippen LogP contribution is -2.40. The lowest BCUT2D eigenvalue weighted by atomic mass is 9.63.